The van der Waals surface area contributed by atoms with Crippen molar-refractivity contribution in [3.8, 4) is 5.75 Å². The summed E-state index contributed by atoms with van der Waals surface area (Å²) < 4.78 is 5.39. The molecule has 7 heteroatoms. The van der Waals surface area contributed by atoms with Crippen LogP contribution in [0.2, 0.25) is 0 Å². The molecular weight excluding hydrogens is 346 g/mol. The first-order valence-corrected chi connectivity index (χ1v) is 8.49. The molecule has 0 atom stereocenters. The lowest BCUT2D eigenvalue weighted by Crippen LogP contribution is -2.33. The van der Waals surface area contributed by atoms with Gasteiger partial charge in [-0.3, -0.25) is 4.79 Å². The zero-order valence-corrected chi connectivity index (χ0v) is 15.4. The molecular formula is C20H21N3O4. The van der Waals surface area contributed by atoms with Crippen molar-refractivity contribution in [2.45, 2.75) is 26.3 Å². The number of aromatic carboxylic acids is 1. The summed E-state index contributed by atoms with van der Waals surface area (Å²) in [6, 6.07) is 11.9. The van der Waals surface area contributed by atoms with Gasteiger partial charge in [-0.15, -0.1) is 0 Å². The SMILES string of the molecule is CC(C)(C)N/N=C(/c1ccc2c(c1)NC(=O)CO2)c1ccccc1C(=O)O. The number of hydrogen-bond donors (Lipinski definition) is 3. The van der Waals surface area contributed by atoms with Gasteiger partial charge in [0.2, 0.25) is 0 Å². The zero-order valence-electron chi connectivity index (χ0n) is 15.4. The summed E-state index contributed by atoms with van der Waals surface area (Å²) in [5.41, 5.74) is 5.01. The van der Waals surface area contributed by atoms with Crippen molar-refractivity contribution >= 4 is 23.3 Å². The number of hydrazone groups is 1. The Morgan fingerprint density at radius 3 is 2.56 bits per heavy atom. The predicted molar refractivity (Wildman–Crippen MR) is 102 cm³/mol. The molecule has 2 aromatic rings. The van der Waals surface area contributed by atoms with E-state index in [1.165, 1.54) is 6.07 Å². The molecule has 27 heavy (non-hydrogen) atoms. The van der Waals surface area contributed by atoms with Crippen molar-refractivity contribution in [3.63, 3.8) is 0 Å². The van der Waals surface area contributed by atoms with Crippen molar-refractivity contribution < 1.29 is 19.4 Å². The second-order valence-electron chi connectivity index (χ2n) is 7.22. The van der Waals surface area contributed by atoms with Gasteiger partial charge in [-0.1, -0.05) is 18.2 Å². The van der Waals surface area contributed by atoms with Crippen LogP contribution in [0, 0.1) is 0 Å². The van der Waals surface area contributed by atoms with Gasteiger partial charge in [0.05, 0.1) is 17.0 Å². The lowest BCUT2D eigenvalue weighted by atomic mass is 9.97. The lowest BCUT2D eigenvalue weighted by molar-refractivity contribution is -0.118. The van der Waals surface area contributed by atoms with Gasteiger partial charge in [-0.25, -0.2) is 4.79 Å². The Morgan fingerprint density at radius 1 is 1.19 bits per heavy atom. The van der Waals surface area contributed by atoms with Crippen LogP contribution < -0.4 is 15.5 Å². The fourth-order valence-corrected chi connectivity index (χ4v) is 2.61. The Balaban J connectivity index is 2.13. The normalized spacial score (nSPS) is 14.0. The summed E-state index contributed by atoms with van der Waals surface area (Å²) in [7, 11) is 0. The molecule has 1 heterocycles. The largest absolute Gasteiger partial charge is 0.482 e. The molecule has 0 bridgehead atoms. The van der Waals surface area contributed by atoms with Gasteiger partial charge in [-0.05, 0) is 45.0 Å². The van der Waals surface area contributed by atoms with E-state index in [1.807, 2.05) is 20.8 Å². The van der Waals surface area contributed by atoms with E-state index in [0.29, 0.717) is 28.3 Å². The summed E-state index contributed by atoms with van der Waals surface area (Å²) in [6.45, 7) is 5.84. The summed E-state index contributed by atoms with van der Waals surface area (Å²) in [5, 5.41) is 16.8. The Hall–Kier alpha value is -3.35. The molecule has 3 rings (SSSR count). The average Bonchev–Trinajstić information content (AvgIpc) is 2.61. The number of benzene rings is 2. The molecule has 1 aliphatic rings. The molecule has 2 aromatic carbocycles. The number of carboxylic acid groups (broad SMARTS) is 1. The van der Waals surface area contributed by atoms with Crippen molar-refractivity contribution in [1.82, 2.24) is 5.43 Å². The number of amides is 1. The molecule has 0 fully saturated rings. The molecule has 0 unspecified atom stereocenters. The molecule has 0 saturated heterocycles. The van der Waals surface area contributed by atoms with Crippen LogP contribution in [0.4, 0.5) is 5.69 Å². The van der Waals surface area contributed by atoms with Crippen molar-refractivity contribution in [1.29, 1.82) is 0 Å². The number of nitrogens with one attached hydrogen (secondary N) is 2. The third-order valence-electron chi connectivity index (χ3n) is 3.80. The maximum absolute atomic E-state index is 11.7. The topological polar surface area (TPSA) is 100 Å². The Morgan fingerprint density at radius 2 is 1.89 bits per heavy atom. The molecule has 3 N–H and O–H groups in total. The number of nitrogens with zero attached hydrogens (tertiary/aromatic N) is 1. The van der Waals surface area contributed by atoms with E-state index >= 15 is 0 Å². The second-order valence-corrected chi connectivity index (χ2v) is 7.22. The zero-order chi connectivity index (χ0) is 19.6. The molecule has 0 saturated carbocycles. The van der Waals surface area contributed by atoms with Crippen molar-refractivity contribution in [2.75, 3.05) is 11.9 Å². The van der Waals surface area contributed by atoms with Crippen LogP contribution in [-0.2, 0) is 4.79 Å². The van der Waals surface area contributed by atoms with E-state index in [9.17, 15) is 14.7 Å². The molecule has 1 amide bonds. The van der Waals surface area contributed by atoms with Crippen LogP contribution >= 0.6 is 0 Å². The molecule has 1 aliphatic heterocycles. The number of fused-ring (bicyclic) bond motifs is 1. The third kappa shape index (κ3) is 4.25. The van der Waals surface area contributed by atoms with E-state index in [1.54, 1.807) is 36.4 Å². The quantitative estimate of drug-likeness (QED) is 0.570. The van der Waals surface area contributed by atoms with Gasteiger partial charge in [-0.2, -0.15) is 5.10 Å². The van der Waals surface area contributed by atoms with Crippen LogP contribution in [0.25, 0.3) is 0 Å². The van der Waals surface area contributed by atoms with Gasteiger partial charge in [0.15, 0.2) is 6.61 Å². The summed E-state index contributed by atoms with van der Waals surface area (Å²) in [6.07, 6.45) is 0. The number of carbonyl (C=O) groups excluding carboxylic acids is 1. The van der Waals surface area contributed by atoms with E-state index in [4.69, 9.17) is 4.74 Å². The monoisotopic (exact) mass is 367 g/mol. The lowest BCUT2D eigenvalue weighted by Gasteiger charge is -2.21. The highest BCUT2D eigenvalue weighted by atomic mass is 16.5. The number of rotatable bonds is 4. The minimum absolute atomic E-state index is 0.0271. The summed E-state index contributed by atoms with van der Waals surface area (Å²) >= 11 is 0. The fourth-order valence-electron chi connectivity index (χ4n) is 2.61. The summed E-state index contributed by atoms with van der Waals surface area (Å²) in [4.78, 5) is 23.3. The maximum Gasteiger partial charge on any atom is 0.336 e. The number of hydrogen-bond acceptors (Lipinski definition) is 5. The number of anilines is 1. The van der Waals surface area contributed by atoms with Crippen LogP contribution in [0.3, 0.4) is 0 Å². The van der Waals surface area contributed by atoms with E-state index in [2.05, 4.69) is 15.8 Å². The maximum atomic E-state index is 11.7. The first kappa shape index (κ1) is 18.4. The fraction of sp³-hybridized carbons (Fsp3) is 0.250. The Labute approximate surface area is 157 Å². The van der Waals surface area contributed by atoms with E-state index < -0.39 is 5.97 Å². The Bertz CT molecular complexity index is 929. The predicted octanol–water partition coefficient (Wildman–Crippen LogP) is 2.86. The van der Waals surface area contributed by atoms with Crippen LogP contribution in [0.1, 0.15) is 42.3 Å². The Kier molecular flexibility index (Phi) is 4.85. The molecule has 140 valence electrons. The highest BCUT2D eigenvalue weighted by Crippen LogP contribution is 2.30. The minimum Gasteiger partial charge on any atom is -0.482 e. The third-order valence-corrected chi connectivity index (χ3v) is 3.80. The number of carbonyl (C=O) groups is 2. The highest BCUT2D eigenvalue weighted by Gasteiger charge is 2.21. The van der Waals surface area contributed by atoms with Gasteiger partial charge >= 0.3 is 5.97 Å². The highest BCUT2D eigenvalue weighted by molar-refractivity contribution is 6.18. The van der Waals surface area contributed by atoms with Crippen molar-refractivity contribution in [3.05, 3.63) is 59.2 Å². The minimum atomic E-state index is -1.04. The average molecular weight is 367 g/mol. The van der Waals surface area contributed by atoms with E-state index in [0.717, 1.165) is 0 Å². The van der Waals surface area contributed by atoms with Gasteiger partial charge in [0.1, 0.15) is 5.75 Å². The standard InChI is InChI=1S/C20H21N3O4/c1-20(2,3)23-22-18(13-6-4-5-7-14(13)19(25)26)12-8-9-16-15(10-12)21-17(24)11-27-16/h4-10,23H,11H2,1-3H3,(H,21,24)(H,25,26)/b22-18-. The van der Waals surface area contributed by atoms with Gasteiger partial charge in [0.25, 0.3) is 5.91 Å². The van der Waals surface area contributed by atoms with Crippen LogP contribution in [0.15, 0.2) is 47.6 Å². The molecule has 0 aliphatic carbocycles. The smallest absolute Gasteiger partial charge is 0.336 e. The molecule has 0 spiro atoms. The molecule has 0 radical (unpaired) electrons. The van der Waals surface area contributed by atoms with E-state index in [-0.39, 0.29) is 23.6 Å². The van der Waals surface area contributed by atoms with Gasteiger partial charge < -0.3 is 20.6 Å². The molecule has 7 nitrogen and oxygen atoms in total. The second kappa shape index (κ2) is 7.11. The van der Waals surface area contributed by atoms with Crippen LogP contribution in [-0.4, -0.2) is 34.8 Å². The van der Waals surface area contributed by atoms with Crippen LogP contribution in [0.5, 0.6) is 5.75 Å². The van der Waals surface area contributed by atoms with Crippen molar-refractivity contribution in [2.24, 2.45) is 5.10 Å². The first-order chi connectivity index (χ1) is 12.7. The summed E-state index contributed by atoms with van der Waals surface area (Å²) in [5.74, 6) is -0.714. The first-order valence-electron chi connectivity index (χ1n) is 8.49. The number of carboxylic acids is 1. The number of ether oxygens (including phenoxy) is 1. The molecule has 0 aromatic heterocycles. The van der Waals surface area contributed by atoms with Gasteiger partial charge in [0, 0.05) is 16.7 Å².